The Morgan fingerprint density at radius 1 is 1.06 bits per heavy atom. The summed E-state index contributed by atoms with van der Waals surface area (Å²) in [5.41, 5.74) is 3.84. The van der Waals surface area contributed by atoms with Crippen molar-refractivity contribution in [2.75, 3.05) is 31.2 Å². The summed E-state index contributed by atoms with van der Waals surface area (Å²) in [5, 5.41) is 5.04. The molecule has 0 radical (unpaired) electrons. The molecule has 32 heavy (non-hydrogen) atoms. The molecular weight excluding hydrogens is 429 g/mol. The minimum Gasteiger partial charge on any atom is -0.378 e. The summed E-state index contributed by atoms with van der Waals surface area (Å²) in [6.07, 6.45) is 3.64. The van der Waals surface area contributed by atoms with E-state index in [4.69, 9.17) is 26.3 Å². The lowest BCUT2D eigenvalue weighted by molar-refractivity contribution is 0.122. The number of morpholine rings is 1. The molecular formula is C24H25ClFN5O. The number of aromatic nitrogens is 4. The fraction of sp³-hybridized carbons (Fsp3) is 0.292. The number of hydrogen-bond acceptors (Lipinski definition) is 5. The van der Waals surface area contributed by atoms with E-state index in [-0.39, 0.29) is 5.82 Å². The Balaban J connectivity index is 0.000000354. The van der Waals surface area contributed by atoms with E-state index in [0.717, 1.165) is 41.1 Å². The number of hydrogen-bond donors (Lipinski definition) is 0. The van der Waals surface area contributed by atoms with Crippen LogP contribution in [-0.2, 0) is 11.8 Å². The van der Waals surface area contributed by atoms with Gasteiger partial charge in [-0.05, 0) is 49.7 Å². The molecule has 0 unspecified atom stereocenters. The highest BCUT2D eigenvalue weighted by Gasteiger charge is 2.19. The monoisotopic (exact) mass is 453 g/mol. The fourth-order valence-corrected chi connectivity index (χ4v) is 3.70. The van der Waals surface area contributed by atoms with Gasteiger partial charge in [0.25, 0.3) is 0 Å². The van der Waals surface area contributed by atoms with Crippen molar-refractivity contribution in [3.8, 4) is 11.3 Å². The molecule has 1 aliphatic rings. The molecule has 0 N–H and O–H groups in total. The maximum atomic E-state index is 14.6. The van der Waals surface area contributed by atoms with E-state index in [1.165, 1.54) is 6.07 Å². The van der Waals surface area contributed by atoms with Crippen LogP contribution in [0.25, 0.3) is 22.2 Å². The van der Waals surface area contributed by atoms with Crippen LogP contribution in [0.15, 0.2) is 48.8 Å². The summed E-state index contributed by atoms with van der Waals surface area (Å²) in [6.45, 7) is 6.80. The fourth-order valence-electron chi connectivity index (χ4n) is 3.54. The number of ether oxygens (including phenoxy) is 1. The smallest absolute Gasteiger partial charge is 0.134 e. The topological polar surface area (TPSA) is 56.1 Å². The predicted octanol–water partition coefficient (Wildman–Crippen LogP) is 4.96. The van der Waals surface area contributed by atoms with Gasteiger partial charge in [0.05, 0.1) is 24.4 Å². The Hall–Kier alpha value is -3.03. The minimum atomic E-state index is -0.386. The van der Waals surface area contributed by atoms with E-state index in [0.29, 0.717) is 29.5 Å². The van der Waals surface area contributed by atoms with Crippen LogP contribution in [0.2, 0.25) is 5.02 Å². The van der Waals surface area contributed by atoms with Gasteiger partial charge in [0.15, 0.2) is 0 Å². The van der Waals surface area contributed by atoms with E-state index in [1.54, 1.807) is 23.0 Å². The lowest BCUT2D eigenvalue weighted by atomic mass is 10.0. The Morgan fingerprint density at radius 3 is 2.47 bits per heavy atom. The SMILES string of the molecule is Cc1cc2c(-c3ccc(Cl)cc3F)nc(N3CCOCC3)cc2nc1C.Cn1cccn1. The zero-order valence-corrected chi connectivity index (χ0v) is 19.1. The van der Waals surface area contributed by atoms with E-state index in [2.05, 4.69) is 10.00 Å². The molecule has 0 bridgehead atoms. The second kappa shape index (κ2) is 9.63. The van der Waals surface area contributed by atoms with Gasteiger partial charge in [-0.15, -0.1) is 0 Å². The van der Waals surface area contributed by atoms with Crippen LogP contribution in [0.3, 0.4) is 0 Å². The Bertz CT molecular complexity index is 1220. The molecule has 0 aliphatic carbocycles. The zero-order valence-electron chi connectivity index (χ0n) is 18.3. The average molecular weight is 454 g/mol. The first kappa shape index (κ1) is 22.2. The maximum Gasteiger partial charge on any atom is 0.134 e. The number of aryl methyl sites for hydroxylation is 3. The first-order valence-electron chi connectivity index (χ1n) is 10.4. The Labute approximate surface area is 191 Å². The molecule has 1 aliphatic heterocycles. The van der Waals surface area contributed by atoms with Crippen LogP contribution in [0.5, 0.6) is 0 Å². The molecule has 5 rings (SSSR count). The van der Waals surface area contributed by atoms with Crippen LogP contribution >= 0.6 is 11.6 Å². The maximum absolute atomic E-state index is 14.6. The van der Waals surface area contributed by atoms with Crippen molar-refractivity contribution in [3.63, 3.8) is 0 Å². The summed E-state index contributed by atoms with van der Waals surface area (Å²) in [7, 11) is 1.89. The second-order valence-electron chi connectivity index (χ2n) is 7.69. The predicted molar refractivity (Wildman–Crippen MR) is 126 cm³/mol. The van der Waals surface area contributed by atoms with Crippen LogP contribution in [0.4, 0.5) is 10.2 Å². The number of anilines is 1. The number of benzene rings is 1. The van der Waals surface area contributed by atoms with Gasteiger partial charge in [-0.1, -0.05) is 11.6 Å². The van der Waals surface area contributed by atoms with Crippen LogP contribution in [0.1, 0.15) is 11.3 Å². The molecule has 0 atom stereocenters. The summed E-state index contributed by atoms with van der Waals surface area (Å²) < 4.78 is 21.8. The van der Waals surface area contributed by atoms with Gasteiger partial charge in [-0.25, -0.2) is 9.37 Å². The van der Waals surface area contributed by atoms with E-state index in [1.807, 2.05) is 45.3 Å². The van der Waals surface area contributed by atoms with Crippen molar-refractivity contribution in [3.05, 3.63) is 70.9 Å². The average Bonchev–Trinajstić information content (AvgIpc) is 3.26. The summed E-state index contributed by atoms with van der Waals surface area (Å²) in [6, 6.07) is 10.6. The molecule has 0 amide bonds. The highest BCUT2D eigenvalue weighted by molar-refractivity contribution is 6.30. The van der Waals surface area contributed by atoms with Gasteiger partial charge < -0.3 is 9.64 Å². The van der Waals surface area contributed by atoms with Crippen molar-refractivity contribution in [2.24, 2.45) is 7.05 Å². The summed E-state index contributed by atoms with van der Waals surface area (Å²) in [4.78, 5) is 11.7. The third-order valence-corrected chi connectivity index (χ3v) is 5.64. The third-order valence-electron chi connectivity index (χ3n) is 5.40. The van der Waals surface area contributed by atoms with Crippen molar-refractivity contribution < 1.29 is 9.13 Å². The summed E-state index contributed by atoms with van der Waals surface area (Å²) >= 11 is 5.93. The van der Waals surface area contributed by atoms with Crippen molar-refractivity contribution in [1.82, 2.24) is 19.7 Å². The lowest BCUT2D eigenvalue weighted by Gasteiger charge is -2.28. The van der Waals surface area contributed by atoms with Gasteiger partial charge in [0.1, 0.15) is 11.6 Å². The van der Waals surface area contributed by atoms with Crippen LogP contribution < -0.4 is 4.90 Å². The standard InChI is InChI=1S/C20H19ClFN3O.C4H6N2/c1-12-9-16-18(23-13(12)2)11-19(25-5-7-26-8-6-25)24-20(16)15-4-3-14(21)10-17(15)22;1-6-4-2-3-5-6/h3-4,9-11H,5-8H2,1-2H3;2-4H,1H3. The largest absolute Gasteiger partial charge is 0.378 e. The van der Waals surface area contributed by atoms with Crippen LogP contribution in [-0.4, -0.2) is 46.1 Å². The first-order valence-corrected chi connectivity index (χ1v) is 10.8. The molecule has 8 heteroatoms. The van der Waals surface area contributed by atoms with Crippen molar-refractivity contribution >= 4 is 28.3 Å². The third kappa shape index (κ3) is 4.89. The molecule has 1 saturated heterocycles. The van der Waals surface area contributed by atoms with Gasteiger partial charge >= 0.3 is 0 Å². The van der Waals surface area contributed by atoms with Gasteiger partial charge in [0.2, 0.25) is 0 Å². The molecule has 4 heterocycles. The molecule has 1 aromatic carbocycles. The quantitative estimate of drug-likeness (QED) is 0.429. The minimum absolute atomic E-state index is 0.366. The molecule has 0 spiro atoms. The highest BCUT2D eigenvalue weighted by Crippen LogP contribution is 2.33. The number of nitrogens with zero attached hydrogens (tertiary/aromatic N) is 5. The molecule has 1 fully saturated rings. The van der Waals surface area contributed by atoms with Crippen molar-refractivity contribution in [1.29, 1.82) is 0 Å². The number of pyridine rings is 2. The number of halogens is 2. The van der Waals surface area contributed by atoms with E-state index >= 15 is 0 Å². The Morgan fingerprint density at radius 2 is 1.84 bits per heavy atom. The number of rotatable bonds is 2. The molecule has 6 nitrogen and oxygen atoms in total. The second-order valence-corrected chi connectivity index (χ2v) is 8.13. The highest BCUT2D eigenvalue weighted by atomic mass is 35.5. The van der Waals surface area contributed by atoms with Gasteiger partial charge in [0, 0.05) is 60.3 Å². The Kier molecular flexibility index (Phi) is 6.67. The van der Waals surface area contributed by atoms with Gasteiger partial charge in [-0.3, -0.25) is 9.67 Å². The molecule has 3 aromatic heterocycles. The normalized spacial score (nSPS) is 13.7. The molecule has 166 valence electrons. The summed E-state index contributed by atoms with van der Waals surface area (Å²) in [5.74, 6) is 0.407. The van der Waals surface area contributed by atoms with Gasteiger partial charge in [-0.2, -0.15) is 5.10 Å². The van der Waals surface area contributed by atoms with Crippen molar-refractivity contribution in [2.45, 2.75) is 13.8 Å². The van der Waals surface area contributed by atoms with E-state index in [9.17, 15) is 4.39 Å². The molecule has 4 aromatic rings. The lowest BCUT2D eigenvalue weighted by Crippen LogP contribution is -2.36. The van der Waals surface area contributed by atoms with Crippen LogP contribution in [0, 0.1) is 19.7 Å². The molecule has 0 saturated carbocycles. The van der Waals surface area contributed by atoms with E-state index < -0.39 is 0 Å². The number of fused-ring (bicyclic) bond motifs is 1. The zero-order chi connectivity index (χ0) is 22.7. The first-order chi connectivity index (χ1) is 15.4.